The van der Waals surface area contributed by atoms with Crippen LogP contribution in [0.25, 0.3) is 0 Å². The molecular formula is C5H9N3O2S. The quantitative estimate of drug-likeness (QED) is 0.473. The fourth-order valence-electron chi connectivity index (χ4n) is 0.533. The van der Waals surface area contributed by atoms with Crippen LogP contribution in [0.4, 0.5) is 4.79 Å². The first-order valence-corrected chi connectivity index (χ1v) is 3.33. The van der Waals surface area contributed by atoms with Crippen molar-refractivity contribution >= 4 is 29.5 Å². The monoisotopic (exact) mass is 175 g/mol. The van der Waals surface area contributed by atoms with Gasteiger partial charge in [-0.1, -0.05) is 12.2 Å². The highest BCUT2D eigenvalue weighted by Gasteiger charge is 2.08. The van der Waals surface area contributed by atoms with Crippen molar-refractivity contribution in [3.05, 3.63) is 0 Å². The van der Waals surface area contributed by atoms with Crippen LogP contribution in [0.5, 0.6) is 0 Å². The molecule has 5 nitrogen and oxygen atoms in total. The van der Waals surface area contributed by atoms with Gasteiger partial charge in [-0.15, -0.1) is 0 Å². The second-order valence-electron chi connectivity index (χ2n) is 1.92. The van der Waals surface area contributed by atoms with Crippen LogP contribution in [0.1, 0.15) is 6.42 Å². The molecule has 0 aromatic carbocycles. The Morgan fingerprint density at radius 3 is 2.36 bits per heavy atom. The van der Waals surface area contributed by atoms with E-state index in [4.69, 9.17) is 11.5 Å². The highest BCUT2D eigenvalue weighted by Crippen LogP contribution is 1.86. The first kappa shape index (κ1) is 9.83. The zero-order valence-corrected chi connectivity index (χ0v) is 6.56. The molecule has 0 aromatic rings. The van der Waals surface area contributed by atoms with Crippen molar-refractivity contribution in [2.24, 2.45) is 11.5 Å². The van der Waals surface area contributed by atoms with Crippen molar-refractivity contribution in [1.82, 2.24) is 5.32 Å². The van der Waals surface area contributed by atoms with Crippen LogP contribution in [-0.4, -0.2) is 23.3 Å². The van der Waals surface area contributed by atoms with E-state index in [1.54, 1.807) is 0 Å². The predicted molar refractivity (Wildman–Crippen MR) is 44.0 cm³/mol. The number of nitrogens with one attached hydrogen (secondary N) is 1. The van der Waals surface area contributed by atoms with Gasteiger partial charge in [0.2, 0.25) is 5.91 Å². The molecule has 0 radical (unpaired) electrons. The van der Waals surface area contributed by atoms with Gasteiger partial charge < -0.3 is 16.8 Å². The number of urea groups is 1. The summed E-state index contributed by atoms with van der Waals surface area (Å²) in [6.45, 7) is 0. The van der Waals surface area contributed by atoms with Crippen LogP contribution in [0.3, 0.4) is 0 Å². The van der Waals surface area contributed by atoms with Gasteiger partial charge in [0.1, 0.15) is 0 Å². The molecule has 0 aromatic heterocycles. The van der Waals surface area contributed by atoms with Crippen LogP contribution < -0.4 is 16.8 Å². The Labute approximate surface area is 69.1 Å². The summed E-state index contributed by atoms with van der Waals surface area (Å²) in [7, 11) is 0. The number of amides is 3. The first-order valence-electron chi connectivity index (χ1n) is 2.86. The van der Waals surface area contributed by atoms with Crippen molar-refractivity contribution in [2.75, 3.05) is 0 Å². The molecule has 62 valence electrons. The van der Waals surface area contributed by atoms with Crippen LogP contribution in [0.2, 0.25) is 0 Å². The van der Waals surface area contributed by atoms with E-state index >= 15 is 0 Å². The molecule has 0 bridgehead atoms. The molecule has 0 saturated heterocycles. The van der Waals surface area contributed by atoms with E-state index in [-0.39, 0.29) is 6.42 Å². The van der Waals surface area contributed by atoms with Crippen molar-refractivity contribution in [1.29, 1.82) is 0 Å². The molecule has 0 aliphatic heterocycles. The Kier molecular flexibility index (Phi) is 4.12. The number of carbonyl (C=O) groups is 2. The lowest BCUT2D eigenvalue weighted by molar-refractivity contribution is -0.118. The van der Waals surface area contributed by atoms with Crippen molar-refractivity contribution < 1.29 is 9.59 Å². The van der Waals surface area contributed by atoms with Gasteiger partial charge in [0.15, 0.2) is 0 Å². The van der Waals surface area contributed by atoms with Gasteiger partial charge in [0, 0.05) is 5.37 Å². The van der Waals surface area contributed by atoms with Crippen molar-refractivity contribution in [2.45, 2.75) is 12.5 Å². The Hall–Kier alpha value is -1.17. The van der Waals surface area contributed by atoms with Gasteiger partial charge in [0.25, 0.3) is 0 Å². The number of rotatable bonds is 4. The molecule has 0 aliphatic rings. The topological polar surface area (TPSA) is 98.2 Å². The molecule has 1 unspecified atom stereocenters. The van der Waals surface area contributed by atoms with E-state index in [9.17, 15) is 9.59 Å². The van der Waals surface area contributed by atoms with E-state index < -0.39 is 18.0 Å². The minimum absolute atomic E-state index is 0.0214. The summed E-state index contributed by atoms with van der Waals surface area (Å²) in [5.41, 5.74) is 9.62. The highest BCUT2D eigenvalue weighted by molar-refractivity contribution is 7.79. The highest BCUT2D eigenvalue weighted by atomic mass is 32.1. The molecule has 0 rings (SSSR count). The summed E-state index contributed by atoms with van der Waals surface area (Å²) in [5.74, 6) is -0.537. The molecule has 0 saturated carbocycles. The van der Waals surface area contributed by atoms with E-state index in [1.807, 2.05) is 0 Å². The predicted octanol–water partition coefficient (Wildman–Crippen LogP) is -1.10. The number of carbonyl (C=O) groups excluding carboxylic acids is 2. The summed E-state index contributed by atoms with van der Waals surface area (Å²) in [5, 5.41) is 3.47. The van der Waals surface area contributed by atoms with Crippen LogP contribution in [0.15, 0.2) is 0 Å². The maximum atomic E-state index is 10.3. The van der Waals surface area contributed by atoms with Gasteiger partial charge in [0.05, 0.1) is 12.5 Å². The smallest absolute Gasteiger partial charge is 0.312 e. The van der Waals surface area contributed by atoms with E-state index in [0.717, 1.165) is 0 Å². The maximum absolute atomic E-state index is 10.3. The Balaban J connectivity index is 3.85. The fourth-order valence-corrected chi connectivity index (χ4v) is 0.697. The summed E-state index contributed by atoms with van der Waals surface area (Å²) < 4.78 is 0. The van der Waals surface area contributed by atoms with Crippen LogP contribution >= 0.6 is 12.2 Å². The van der Waals surface area contributed by atoms with E-state index in [0.29, 0.717) is 0 Å². The van der Waals surface area contributed by atoms with Crippen LogP contribution in [-0.2, 0) is 4.79 Å². The number of nitrogens with two attached hydrogens (primary N) is 2. The molecule has 11 heavy (non-hydrogen) atoms. The fraction of sp³-hybridized carbons (Fsp3) is 0.400. The molecule has 3 amide bonds. The molecule has 1 atom stereocenters. The standard InChI is InChI=1S/C5H9N3O2S/c6-4(9)1-3(2-11)8-5(7)10/h2-3H,1H2,(H2,6,9)(H3,7,8,10). The van der Waals surface area contributed by atoms with Crippen molar-refractivity contribution in [3.8, 4) is 0 Å². The van der Waals surface area contributed by atoms with Crippen molar-refractivity contribution in [3.63, 3.8) is 0 Å². The number of hydrogen-bond donors (Lipinski definition) is 3. The second-order valence-corrected chi connectivity index (χ2v) is 2.19. The number of thiocarbonyl (C=S) groups is 1. The van der Waals surface area contributed by atoms with Gasteiger partial charge in [-0.25, -0.2) is 4.79 Å². The summed E-state index contributed by atoms with van der Waals surface area (Å²) in [6, 6.07) is -1.27. The van der Waals surface area contributed by atoms with E-state index in [2.05, 4.69) is 17.5 Å². The number of primary amides is 2. The Morgan fingerprint density at radius 2 is 2.09 bits per heavy atom. The zero-order valence-electron chi connectivity index (χ0n) is 5.74. The lowest BCUT2D eigenvalue weighted by Crippen LogP contribution is -2.41. The summed E-state index contributed by atoms with van der Waals surface area (Å²) >= 11 is 4.51. The van der Waals surface area contributed by atoms with Gasteiger partial charge >= 0.3 is 6.03 Å². The van der Waals surface area contributed by atoms with Gasteiger partial charge in [-0.05, 0) is 0 Å². The lowest BCUT2D eigenvalue weighted by Gasteiger charge is -2.08. The minimum Gasteiger partial charge on any atom is -0.370 e. The third-order valence-corrected chi connectivity index (χ3v) is 1.24. The molecule has 5 N–H and O–H groups in total. The van der Waals surface area contributed by atoms with Gasteiger partial charge in [-0.2, -0.15) is 0 Å². The van der Waals surface area contributed by atoms with Crippen LogP contribution in [0, 0.1) is 0 Å². The first-order chi connectivity index (χ1) is 5.06. The second kappa shape index (κ2) is 4.62. The molecular weight excluding hydrogens is 166 g/mol. The Morgan fingerprint density at radius 1 is 1.55 bits per heavy atom. The molecule has 0 fully saturated rings. The molecule has 6 heteroatoms. The lowest BCUT2D eigenvalue weighted by atomic mass is 10.2. The molecule has 0 heterocycles. The summed E-state index contributed by atoms with van der Waals surface area (Å²) in [6.07, 6.45) is -0.0214. The average Bonchev–Trinajstić information content (AvgIpc) is 1.84. The maximum Gasteiger partial charge on any atom is 0.312 e. The van der Waals surface area contributed by atoms with Gasteiger partial charge in [-0.3, -0.25) is 4.79 Å². The van der Waals surface area contributed by atoms with E-state index in [1.165, 1.54) is 5.37 Å². The SMILES string of the molecule is NC(=O)CC(C=S)NC(N)=O. The molecule has 0 aliphatic carbocycles. The zero-order chi connectivity index (χ0) is 8.85. The Bertz CT molecular complexity index is 167. The minimum atomic E-state index is -0.725. The third kappa shape index (κ3) is 5.28. The summed E-state index contributed by atoms with van der Waals surface area (Å²) in [4.78, 5) is 20.6. The average molecular weight is 175 g/mol. The largest absolute Gasteiger partial charge is 0.370 e. The molecule has 0 spiro atoms. The third-order valence-electron chi connectivity index (χ3n) is 0.913. The number of hydrogen-bond acceptors (Lipinski definition) is 3. The normalized spacial score (nSPS) is 11.6.